The van der Waals surface area contributed by atoms with Gasteiger partial charge in [-0.3, -0.25) is 0 Å². The molecule has 0 spiro atoms. The van der Waals surface area contributed by atoms with Crippen molar-refractivity contribution in [2.45, 2.75) is 0 Å². The van der Waals surface area contributed by atoms with Crippen LogP contribution in [-0.4, -0.2) is 4.98 Å². The number of nitrogens with one attached hydrogen (secondary N) is 1. The molecule has 0 saturated heterocycles. The highest BCUT2D eigenvalue weighted by molar-refractivity contribution is 7.27. The van der Waals surface area contributed by atoms with Crippen LogP contribution in [0.2, 0.25) is 0 Å². The fourth-order valence-corrected chi connectivity index (χ4v) is 8.66. The number of fused-ring (bicyclic) bond motifs is 13. The minimum absolute atomic E-state index is 1.14. The molecule has 8 aromatic carbocycles. The van der Waals surface area contributed by atoms with Crippen molar-refractivity contribution in [3.05, 3.63) is 152 Å². The average Bonchev–Trinajstić information content (AvgIpc) is 3.68. The molecule has 0 atom stereocenters. The molecule has 210 valence electrons. The number of benzene rings is 8. The highest BCUT2D eigenvalue weighted by atomic mass is 32.1. The number of aromatic amines is 1. The second kappa shape index (κ2) is 9.43. The molecule has 45 heavy (non-hydrogen) atoms. The Morgan fingerprint density at radius 1 is 0.400 bits per heavy atom. The minimum Gasteiger partial charge on any atom is -0.354 e. The first-order valence-electron chi connectivity index (χ1n) is 15.4. The molecule has 2 aromatic heterocycles. The molecular formula is C42H26N2S. The van der Waals surface area contributed by atoms with E-state index in [4.69, 9.17) is 0 Å². The van der Waals surface area contributed by atoms with Crippen molar-refractivity contribution in [2.75, 3.05) is 4.90 Å². The van der Waals surface area contributed by atoms with Crippen molar-refractivity contribution in [2.24, 2.45) is 0 Å². The minimum atomic E-state index is 1.14. The zero-order chi connectivity index (χ0) is 29.5. The van der Waals surface area contributed by atoms with Gasteiger partial charge in [-0.15, -0.1) is 11.3 Å². The zero-order valence-electron chi connectivity index (χ0n) is 24.3. The van der Waals surface area contributed by atoms with E-state index in [0.717, 1.165) is 17.1 Å². The van der Waals surface area contributed by atoms with Gasteiger partial charge in [-0.2, -0.15) is 0 Å². The van der Waals surface area contributed by atoms with Crippen LogP contribution >= 0.6 is 11.3 Å². The normalized spacial score (nSPS) is 12.0. The van der Waals surface area contributed by atoms with Crippen LogP contribution in [0.3, 0.4) is 0 Å². The van der Waals surface area contributed by atoms with Crippen LogP contribution in [-0.2, 0) is 0 Å². The highest BCUT2D eigenvalue weighted by Gasteiger charge is 2.21. The smallest absolute Gasteiger partial charge is 0.0551 e. The maximum atomic E-state index is 3.83. The number of aromatic nitrogens is 1. The maximum Gasteiger partial charge on any atom is 0.0551 e. The van der Waals surface area contributed by atoms with E-state index in [1.807, 2.05) is 11.3 Å². The first-order chi connectivity index (χ1) is 22.3. The van der Waals surface area contributed by atoms with Gasteiger partial charge in [0.05, 0.1) is 5.52 Å². The van der Waals surface area contributed by atoms with Gasteiger partial charge in [0.2, 0.25) is 0 Å². The Hall–Kier alpha value is -5.64. The zero-order valence-corrected chi connectivity index (χ0v) is 25.1. The quantitative estimate of drug-likeness (QED) is 0.217. The third-order valence-electron chi connectivity index (χ3n) is 9.32. The molecule has 0 amide bonds. The largest absolute Gasteiger partial charge is 0.354 e. The topological polar surface area (TPSA) is 19.0 Å². The first kappa shape index (κ1) is 24.8. The van der Waals surface area contributed by atoms with Crippen LogP contribution in [0.5, 0.6) is 0 Å². The predicted molar refractivity (Wildman–Crippen MR) is 196 cm³/mol. The van der Waals surface area contributed by atoms with Crippen LogP contribution in [0.4, 0.5) is 17.1 Å². The van der Waals surface area contributed by atoms with Gasteiger partial charge in [-0.05, 0) is 64.0 Å². The Bertz CT molecular complexity index is 2770. The summed E-state index contributed by atoms with van der Waals surface area (Å²) in [6.45, 7) is 0. The summed E-state index contributed by atoms with van der Waals surface area (Å²) in [5.74, 6) is 0. The Kier molecular flexibility index (Phi) is 5.19. The van der Waals surface area contributed by atoms with Crippen LogP contribution in [0.1, 0.15) is 0 Å². The van der Waals surface area contributed by atoms with Crippen molar-refractivity contribution >= 4 is 103 Å². The molecule has 10 aromatic rings. The lowest BCUT2D eigenvalue weighted by atomic mass is 9.98. The number of rotatable bonds is 3. The molecular weight excluding hydrogens is 565 g/mol. The summed E-state index contributed by atoms with van der Waals surface area (Å²) in [4.78, 5) is 6.21. The van der Waals surface area contributed by atoms with E-state index in [1.165, 1.54) is 74.3 Å². The lowest BCUT2D eigenvalue weighted by Gasteiger charge is -2.26. The summed E-state index contributed by atoms with van der Waals surface area (Å²) >= 11 is 1.93. The molecule has 0 aliphatic rings. The molecule has 0 aliphatic carbocycles. The van der Waals surface area contributed by atoms with Gasteiger partial charge in [0.15, 0.2) is 0 Å². The molecule has 0 saturated carbocycles. The van der Waals surface area contributed by atoms with Crippen molar-refractivity contribution in [3.63, 3.8) is 0 Å². The number of hydrogen-bond acceptors (Lipinski definition) is 2. The van der Waals surface area contributed by atoms with E-state index in [-0.39, 0.29) is 0 Å². The maximum absolute atomic E-state index is 3.83. The summed E-state index contributed by atoms with van der Waals surface area (Å²) < 4.78 is 2.68. The monoisotopic (exact) mass is 590 g/mol. The van der Waals surface area contributed by atoms with Gasteiger partial charge in [0, 0.05) is 64.3 Å². The summed E-state index contributed by atoms with van der Waals surface area (Å²) in [7, 11) is 0. The van der Waals surface area contributed by atoms with Gasteiger partial charge in [-0.1, -0.05) is 109 Å². The van der Waals surface area contributed by atoms with E-state index >= 15 is 0 Å². The number of H-pyrrole nitrogens is 1. The van der Waals surface area contributed by atoms with E-state index in [1.54, 1.807) is 0 Å². The number of thiophene rings is 1. The molecule has 0 aliphatic heterocycles. The van der Waals surface area contributed by atoms with E-state index in [2.05, 4.69) is 162 Å². The van der Waals surface area contributed by atoms with E-state index in [9.17, 15) is 0 Å². The van der Waals surface area contributed by atoms with Crippen LogP contribution in [0, 0.1) is 0 Å². The Morgan fingerprint density at radius 2 is 1.07 bits per heavy atom. The van der Waals surface area contributed by atoms with E-state index < -0.39 is 0 Å². The third kappa shape index (κ3) is 3.62. The molecule has 2 heterocycles. The second-order valence-corrected chi connectivity index (χ2v) is 12.8. The van der Waals surface area contributed by atoms with Crippen molar-refractivity contribution < 1.29 is 0 Å². The van der Waals surface area contributed by atoms with Crippen molar-refractivity contribution in [3.8, 4) is 0 Å². The van der Waals surface area contributed by atoms with Crippen LogP contribution < -0.4 is 4.90 Å². The van der Waals surface area contributed by atoms with Gasteiger partial charge in [0.25, 0.3) is 0 Å². The summed E-state index contributed by atoms with van der Waals surface area (Å²) in [5.41, 5.74) is 5.80. The lowest BCUT2D eigenvalue weighted by Crippen LogP contribution is -2.09. The SMILES string of the molecule is c1ccc(N(c2ccc3ccccc3c2)c2ccc3c(c2)c2sc4c5ccccc5ccc4c2c2c4ccccc4[nH]c32)cc1. The summed E-state index contributed by atoms with van der Waals surface area (Å²) in [5, 5.41) is 12.9. The van der Waals surface area contributed by atoms with Gasteiger partial charge < -0.3 is 9.88 Å². The number of nitrogens with zero attached hydrogens (tertiary/aromatic N) is 1. The van der Waals surface area contributed by atoms with Gasteiger partial charge in [-0.25, -0.2) is 0 Å². The molecule has 0 radical (unpaired) electrons. The summed E-state index contributed by atoms with van der Waals surface area (Å²) in [6.07, 6.45) is 0. The van der Waals surface area contributed by atoms with Gasteiger partial charge >= 0.3 is 0 Å². The van der Waals surface area contributed by atoms with E-state index in [0.29, 0.717) is 0 Å². The molecule has 10 rings (SSSR count). The highest BCUT2D eigenvalue weighted by Crippen LogP contribution is 2.49. The Balaban J connectivity index is 1.34. The third-order valence-corrected chi connectivity index (χ3v) is 10.6. The second-order valence-electron chi connectivity index (χ2n) is 11.8. The number of anilines is 3. The molecule has 0 unspecified atom stereocenters. The standard InChI is InChI=1S/C42H26N2S/c1-2-13-29(14-3-1)44(30-20-18-26-10-4-5-12-28(26)24-30)31-21-23-33-36(25-31)42-39(38-34-16-8-9-17-37(34)43-40(33)38)35-22-19-27-11-6-7-15-32(27)41(35)45-42/h1-25,43H. The molecule has 2 nitrogen and oxygen atoms in total. The molecule has 3 heteroatoms. The number of para-hydroxylation sites is 2. The summed E-state index contributed by atoms with van der Waals surface area (Å²) in [6, 6.07) is 55.2. The molecule has 1 N–H and O–H groups in total. The Labute approximate surface area is 263 Å². The fraction of sp³-hybridized carbons (Fsp3) is 0. The lowest BCUT2D eigenvalue weighted by molar-refractivity contribution is 1.29. The van der Waals surface area contributed by atoms with Crippen molar-refractivity contribution in [1.82, 2.24) is 4.98 Å². The fourth-order valence-electron chi connectivity index (χ4n) is 7.28. The van der Waals surface area contributed by atoms with Gasteiger partial charge in [0.1, 0.15) is 0 Å². The predicted octanol–water partition coefficient (Wildman–Crippen LogP) is 12.6. The van der Waals surface area contributed by atoms with Crippen LogP contribution in [0.15, 0.2) is 152 Å². The van der Waals surface area contributed by atoms with Crippen molar-refractivity contribution in [1.29, 1.82) is 0 Å². The average molecular weight is 591 g/mol. The Morgan fingerprint density at radius 3 is 1.96 bits per heavy atom. The first-order valence-corrected chi connectivity index (χ1v) is 16.2. The number of hydrogen-bond donors (Lipinski definition) is 1. The molecule has 0 fully saturated rings. The van der Waals surface area contributed by atoms with Crippen LogP contribution in [0.25, 0.3) is 74.3 Å². The molecule has 0 bridgehead atoms.